The molecule has 0 saturated carbocycles. The second-order valence-corrected chi connectivity index (χ2v) is 12.0. The molecule has 0 aliphatic heterocycles. The second kappa shape index (κ2) is 8.94. The van der Waals surface area contributed by atoms with E-state index in [9.17, 15) is 0 Å². The molecular formula is C36H22BrNS. The monoisotopic (exact) mass is 579 g/mol. The van der Waals surface area contributed by atoms with Crippen molar-refractivity contribution in [1.29, 1.82) is 0 Å². The summed E-state index contributed by atoms with van der Waals surface area (Å²) in [4.78, 5) is 0. The molecule has 0 aliphatic rings. The van der Waals surface area contributed by atoms with Crippen LogP contribution in [0.2, 0.25) is 0 Å². The SMILES string of the molecule is Brc1cc(-c2ccc3sc4ccccc4c3c2)cc(-c2ccc3c4ccccc4n(-c4ccccc4)c3c2)c1. The van der Waals surface area contributed by atoms with Crippen molar-refractivity contribution in [2.45, 2.75) is 0 Å². The van der Waals surface area contributed by atoms with E-state index in [1.165, 1.54) is 69.9 Å². The van der Waals surface area contributed by atoms with Crippen LogP contribution in [-0.4, -0.2) is 4.57 Å². The summed E-state index contributed by atoms with van der Waals surface area (Å²) in [6, 6.07) is 48.5. The maximum absolute atomic E-state index is 3.82. The maximum Gasteiger partial charge on any atom is 0.0547 e. The van der Waals surface area contributed by atoms with Gasteiger partial charge >= 0.3 is 0 Å². The second-order valence-electron chi connectivity index (χ2n) is 9.96. The molecule has 0 spiro atoms. The first-order valence-corrected chi connectivity index (χ1v) is 14.7. The molecule has 3 heteroatoms. The summed E-state index contributed by atoms with van der Waals surface area (Å²) in [5.74, 6) is 0. The molecule has 0 bridgehead atoms. The van der Waals surface area contributed by atoms with E-state index in [1.807, 2.05) is 11.3 Å². The Morgan fingerprint density at radius 2 is 1.08 bits per heavy atom. The zero-order chi connectivity index (χ0) is 25.9. The lowest BCUT2D eigenvalue weighted by molar-refractivity contribution is 1.18. The number of aromatic nitrogens is 1. The van der Waals surface area contributed by atoms with E-state index in [1.54, 1.807) is 0 Å². The third kappa shape index (κ3) is 3.73. The fourth-order valence-corrected chi connectivity index (χ4v) is 7.41. The van der Waals surface area contributed by atoms with Crippen LogP contribution in [0.5, 0.6) is 0 Å². The van der Waals surface area contributed by atoms with E-state index < -0.39 is 0 Å². The number of para-hydroxylation sites is 2. The third-order valence-corrected chi connectivity index (χ3v) is 9.24. The lowest BCUT2D eigenvalue weighted by atomic mass is 9.97. The standard InChI is InChI=1S/C36H22BrNS/c37-27-19-25(23-15-17-36-32(21-23)31-11-5-7-13-35(31)39-36)18-26(20-27)24-14-16-30-29-10-4-6-12-33(29)38(34(30)22-24)28-8-2-1-3-9-28/h1-22H. The lowest BCUT2D eigenvalue weighted by Crippen LogP contribution is -1.93. The van der Waals surface area contributed by atoms with Crippen molar-refractivity contribution in [2.24, 2.45) is 0 Å². The topological polar surface area (TPSA) is 4.93 Å². The summed E-state index contributed by atoms with van der Waals surface area (Å²) in [5.41, 5.74) is 8.45. The minimum absolute atomic E-state index is 1.08. The highest BCUT2D eigenvalue weighted by atomic mass is 79.9. The van der Waals surface area contributed by atoms with Gasteiger partial charge in [-0.25, -0.2) is 0 Å². The number of thiophene rings is 1. The molecule has 0 atom stereocenters. The fraction of sp³-hybridized carbons (Fsp3) is 0. The van der Waals surface area contributed by atoms with Gasteiger partial charge in [-0.05, 0) is 82.9 Å². The average molecular weight is 581 g/mol. The zero-order valence-electron chi connectivity index (χ0n) is 20.9. The number of hydrogen-bond donors (Lipinski definition) is 0. The van der Waals surface area contributed by atoms with Crippen LogP contribution in [0.3, 0.4) is 0 Å². The molecule has 6 aromatic carbocycles. The van der Waals surface area contributed by atoms with Gasteiger partial charge in [-0.3, -0.25) is 0 Å². The molecule has 2 heterocycles. The molecule has 0 aliphatic carbocycles. The molecule has 0 fully saturated rings. The molecule has 0 radical (unpaired) electrons. The predicted molar refractivity (Wildman–Crippen MR) is 172 cm³/mol. The summed E-state index contributed by atoms with van der Waals surface area (Å²) in [7, 11) is 0. The molecule has 8 rings (SSSR count). The molecule has 2 aromatic heterocycles. The Kier molecular flexibility index (Phi) is 5.22. The maximum atomic E-state index is 3.82. The van der Waals surface area contributed by atoms with Crippen molar-refractivity contribution < 1.29 is 0 Å². The minimum Gasteiger partial charge on any atom is -0.309 e. The highest BCUT2D eigenvalue weighted by Crippen LogP contribution is 2.39. The Morgan fingerprint density at radius 3 is 1.92 bits per heavy atom. The molecule has 0 N–H and O–H groups in total. The van der Waals surface area contributed by atoms with Crippen LogP contribution in [0.15, 0.2) is 138 Å². The first kappa shape index (κ1) is 22.8. The van der Waals surface area contributed by atoms with Crippen molar-refractivity contribution >= 4 is 69.2 Å². The molecular weight excluding hydrogens is 558 g/mol. The van der Waals surface area contributed by atoms with Gasteiger partial charge in [-0.1, -0.05) is 88.7 Å². The number of halogens is 1. The van der Waals surface area contributed by atoms with Crippen LogP contribution >= 0.6 is 27.3 Å². The Hall–Kier alpha value is -4.18. The van der Waals surface area contributed by atoms with Crippen LogP contribution in [-0.2, 0) is 0 Å². The van der Waals surface area contributed by atoms with Crippen molar-refractivity contribution in [3.05, 3.63) is 138 Å². The quantitative estimate of drug-likeness (QED) is 0.196. The van der Waals surface area contributed by atoms with Crippen LogP contribution in [0.25, 0.3) is 69.9 Å². The summed E-state index contributed by atoms with van der Waals surface area (Å²) < 4.78 is 6.12. The minimum atomic E-state index is 1.08. The van der Waals surface area contributed by atoms with Gasteiger partial charge in [-0.2, -0.15) is 0 Å². The van der Waals surface area contributed by atoms with E-state index in [2.05, 4.69) is 154 Å². The van der Waals surface area contributed by atoms with E-state index in [0.717, 1.165) is 4.47 Å². The number of rotatable bonds is 3. The van der Waals surface area contributed by atoms with Gasteiger partial charge in [0.05, 0.1) is 11.0 Å². The number of fused-ring (bicyclic) bond motifs is 6. The van der Waals surface area contributed by atoms with Gasteiger partial charge in [0.1, 0.15) is 0 Å². The van der Waals surface area contributed by atoms with Gasteiger partial charge in [0.15, 0.2) is 0 Å². The summed E-state index contributed by atoms with van der Waals surface area (Å²) in [6.07, 6.45) is 0. The summed E-state index contributed by atoms with van der Waals surface area (Å²) >= 11 is 5.67. The molecule has 0 saturated heterocycles. The van der Waals surface area contributed by atoms with Crippen molar-refractivity contribution in [2.75, 3.05) is 0 Å². The molecule has 39 heavy (non-hydrogen) atoms. The largest absolute Gasteiger partial charge is 0.309 e. The van der Waals surface area contributed by atoms with Crippen LogP contribution in [0.1, 0.15) is 0 Å². The smallest absolute Gasteiger partial charge is 0.0547 e. The van der Waals surface area contributed by atoms with Gasteiger partial charge in [0.2, 0.25) is 0 Å². The number of benzene rings is 6. The van der Waals surface area contributed by atoms with E-state index in [0.29, 0.717) is 0 Å². The predicted octanol–water partition coefficient (Wildman–Crippen LogP) is 11.2. The molecule has 0 amide bonds. The molecule has 184 valence electrons. The Bertz CT molecular complexity index is 2190. The molecule has 1 nitrogen and oxygen atoms in total. The zero-order valence-corrected chi connectivity index (χ0v) is 23.3. The number of nitrogens with zero attached hydrogens (tertiary/aromatic N) is 1. The first-order valence-electron chi connectivity index (χ1n) is 13.0. The first-order chi connectivity index (χ1) is 19.2. The van der Waals surface area contributed by atoms with Crippen LogP contribution in [0, 0.1) is 0 Å². The van der Waals surface area contributed by atoms with Crippen LogP contribution in [0.4, 0.5) is 0 Å². The summed E-state index contributed by atoms with van der Waals surface area (Å²) in [5, 5.41) is 5.19. The van der Waals surface area contributed by atoms with Gasteiger partial charge < -0.3 is 4.57 Å². The van der Waals surface area contributed by atoms with E-state index >= 15 is 0 Å². The van der Waals surface area contributed by atoms with Crippen molar-refractivity contribution in [1.82, 2.24) is 4.57 Å². The van der Waals surface area contributed by atoms with Gasteiger partial charge in [0.25, 0.3) is 0 Å². The Labute approximate surface area is 238 Å². The van der Waals surface area contributed by atoms with E-state index in [4.69, 9.17) is 0 Å². The van der Waals surface area contributed by atoms with Crippen molar-refractivity contribution in [3.8, 4) is 27.9 Å². The fourth-order valence-electron chi connectivity index (χ4n) is 5.83. The Balaban J connectivity index is 1.31. The molecule has 0 unspecified atom stereocenters. The van der Waals surface area contributed by atoms with Crippen LogP contribution < -0.4 is 0 Å². The number of hydrogen-bond acceptors (Lipinski definition) is 1. The highest BCUT2D eigenvalue weighted by Gasteiger charge is 2.14. The average Bonchev–Trinajstić information content (AvgIpc) is 3.52. The van der Waals surface area contributed by atoms with Gasteiger partial charge in [-0.15, -0.1) is 11.3 Å². The van der Waals surface area contributed by atoms with E-state index in [-0.39, 0.29) is 0 Å². The lowest BCUT2D eigenvalue weighted by Gasteiger charge is -2.11. The molecule has 8 aromatic rings. The third-order valence-electron chi connectivity index (χ3n) is 7.63. The normalized spacial score (nSPS) is 11.7. The Morgan fingerprint density at radius 1 is 0.436 bits per heavy atom. The highest BCUT2D eigenvalue weighted by molar-refractivity contribution is 9.10. The van der Waals surface area contributed by atoms with Gasteiger partial charge in [0, 0.05) is 41.1 Å². The summed E-state index contributed by atoms with van der Waals surface area (Å²) in [6.45, 7) is 0. The van der Waals surface area contributed by atoms with Crippen molar-refractivity contribution in [3.63, 3.8) is 0 Å².